The van der Waals surface area contributed by atoms with Crippen LogP contribution in [0.3, 0.4) is 0 Å². The zero-order valence-electron chi connectivity index (χ0n) is 12.4. The van der Waals surface area contributed by atoms with Crippen LogP contribution < -0.4 is 10.9 Å². The molecule has 4 aliphatic carbocycles. The molecule has 2 N–H and O–H groups in total. The monoisotopic (exact) mass is 338 g/mol. The number of benzene rings is 1. The van der Waals surface area contributed by atoms with Crippen LogP contribution in [0, 0.1) is 23.2 Å². The highest BCUT2D eigenvalue weighted by molar-refractivity contribution is 6.35. The Balaban J connectivity index is 1.65. The minimum atomic E-state index is -0.269. The summed E-state index contributed by atoms with van der Waals surface area (Å²) in [4.78, 5) is 13.2. The van der Waals surface area contributed by atoms with Gasteiger partial charge in [-0.05, 0) is 74.5 Å². The van der Waals surface area contributed by atoms with Crippen LogP contribution in [0.2, 0.25) is 10.0 Å². The number of amides is 1. The first kappa shape index (κ1) is 14.8. The molecule has 4 bridgehead atoms. The van der Waals surface area contributed by atoms with Crippen molar-refractivity contribution >= 4 is 34.8 Å². The van der Waals surface area contributed by atoms with Crippen LogP contribution >= 0.6 is 23.2 Å². The number of carbonyl (C=O) groups excluding carboxylic acids is 1. The Labute approximate surface area is 140 Å². The van der Waals surface area contributed by atoms with Gasteiger partial charge in [0.05, 0.1) is 16.1 Å². The second kappa shape index (κ2) is 5.12. The first-order valence-electron chi connectivity index (χ1n) is 8.01. The Bertz CT molecular complexity index is 596. The van der Waals surface area contributed by atoms with E-state index < -0.39 is 0 Å². The van der Waals surface area contributed by atoms with Gasteiger partial charge in [0.1, 0.15) is 0 Å². The quantitative estimate of drug-likeness (QED) is 0.493. The fourth-order valence-corrected chi connectivity index (χ4v) is 5.78. The summed E-state index contributed by atoms with van der Waals surface area (Å²) in [6.07, 6.45) is 6.87. The first-order chi connectivity index (χ1) is 10.5. The highest BCUT2D eigenvalue weighted by Crippen LogP contribution is 2.60. The van der Waals surface area contributed by atoms with Gasteiger partial charge in [0, 0.05) is 5.02 Å². The van der Waals surface area contributed by atoms with Gasteiger partial charge in [-0.15, -0.1) is 0 Å². The van der Waals surface area contributed by atoms with Crippen LogP contribution in [-0.2, 0) is 4.79 Å². The summed E-state index contributed by atoms with van der Waals surface area (Å²) in [5.41, 5.74) is 0.240. The summed E-state index contributed by atoms with van der Waals surface area (Å²) < 4.78 is 0. The van der Waals surface area contributed by atoms with E-state index in [4.69, 9.17) is 29.0 Å². The number of hydrazine groups is 1. The van der Waals surface area contributed by atoms with E-state index in [2.05, 4.69) is 0 Å². The molecule has 0 heterocycles. The van der Waals surface area contributed by atoms with E-state index in [1.54, 1.807) is 18.2 Å². The number of halogens is 2. The molecule has 0 saturated heterocycles. The number of nitrogens with two attached hydrogens (primary N) is 1. The molecule has 5 heteroatoms. The van der Waals surface area contributed by atoms with Gasteiger partial charge < -0.3 is 0 Å². The average Bonchev–Trinajstić information content (AvgIpc) is 2.47. The SMILES string of the molecule is NN(C(=O)C12CC3CC(CC(C3)C1)C2)c1cc(Cl)ccc1Cl. The van der Waals surface area contributed by atoms with Crippen molar-refractivity contribution in [3.63, 3.8) is 0 Å². The molecule has 1 amide bonds. The molecular formula is C17H20Cl2N2O. The van der Waals surface area contributed by atoms with Crippen LogP contribution in [0.25, 0.3) is 0 Å². The summed E-state index contributed by atoms with van der Waals surface area (Å²) >= 11 is 12.2. The second-order valence-electron chi connectivity index (χ2n) is 7.47. The molecule has 5 rings (SSSR count). The maximum absolute atomic E-state index is 13.2. The minimum Gasteiger partial charge on any atom is -0.272 e. The molecule has 0 spiro atoms. The second-order valence-corrected chi connectivity index (χ2v) is 8.31. The van der Waals surface area contributed by atoms with Crippen molar-refractivity contribution in [2.75, 3.05) is 5.01 Å². The maximum atomic E-state index is 13.2. The molecule has 4 fully saturated rings. The highest BCUT2D eigenvalue weighted by Gasteiger charge is 2.55. The molecule has 22 heavy (non-hydrogen) atoms. The number of hydrogen-bond donors (Lipinski definition) is 1. The average molecular weight is 339 g/mol. The Morgan fingerprint density at radius 3 is 2.18 bits per heavy atom. The van der Waals surface area contributed by atoms with Gasteiger partial charge in [0.25, 0.3) is 0 Å². The minimum absolute atomic E-state index is 0.0239. The number of anilines is 1. The Morgan fingerprint density at radius 2 is 1.64 bits per heavy atom. The molecule has 0 aromatic heterocycles. The molecule has 0 aliphatic heterocycles. The zero-order valence-corrected chi connectivity index (χ0v) is 13.9. The lowest BCUT2D eigenvalue weighted by Gasteiger charge is -2.56. The normalized spacial score (nSPS) is 35.7. The van der Waals surface area contributed by atoms with Crippen molar-refractivity contribution in [3.05, 3.63) is 28.2 Å². The maximum Gasteiger partial charge on any atom is 0.247 e. The van der Waals surface area contributed by atoms with Crippen LogP contribution in [-0.4, -0.2) is 5.91 Å². The van der Waals surface area contributed by atoms with Gasteiger partial charge in [0.2, 0.25) is 5.91 Å². The van der Waals surface area contributed by atoms with E-state index in [1.807, 2.05) is 0 Å². The molecule has 1 aromatic rings. The van der Waals surface area contributed by atoms with Gasteiger partial charge >= 0.3 is 0 Å². The van der Waals surface area contributed by atoms with E-state index in [9.17, 15) is 4.79 Å². The van der Waals surface area contributed by atoms with Crippen LogP contribution in [0.5, 0.6) is 0 Å². The largest absolute Gasteiger partial charge is 0.272 e. The van der Waals surface area contributed by atoms with Crippen molar-refractivity contribution in [3.8, 4) is 0 Å². The van der Waals surface area contributed by atoms with Crippen molar-refractivity contribution in [2.45, 2.75) is 38.5 Å². The summed E-state index contributed by atoms with van der Waals surface area (Å²) in [6, 6.07) is 5.06. The van der Waals surface area contributed by atoms with Gasteiger partial charge in [-0.25, -0.2) is 10.9 Å². The summed E-state index contributed by atoms with van der Waals surface area (Å²) in [5, 5.41) is 2.25. The molecular weight excluding hydrogens is 319 g/mol. The Kier molecular flexibility index (Phi) is 3.44. The van der Waals surface area contributed by atoms with E-state index in [0.29, 0.717) is 33.5 Å². The summed E-state index contributed by atoms with van der Waals surface area (Å²) in [5.74, 6) is 8.31. The molecule has 3 nitrogen and oxygen atoms in total. The number of rotatable bonds is 2. The third-order valence-electron chi connectivity index (χ3n) is 5.88. The fourth-order valence-electron chi connectivity index (χ4n) is 5.41. The Hall–Kier alpha value is -0.770. The van der Waals surface area contributed by atoms with Crippen LogP contribution in [0.15, 0.2) is 18.2 Å². The number of hydrogen-bond acceptors (Lipinski definition) is 2. The third-order valence-corrected chi connectivity index (χ3v) is 6.43. The zero-order chi connectivity index (χ0) is 15.5. The third kappa shape index (κ3) is 2.26. The van der Waals surface area contributed by atoms with Crippen molar-refractivity contribution < 1.29 is 4.79 Å². The van der Waals surface area contributed by atoms with Crippen molar-refractivity contribution in [1.29, 1.82) is 0 Å². The van der Waals surface area contributed by atoms with E-state index in [-0.39, 0.29) is 11.3 Å². The lowest BCUT2D eigenvalue weighted by molar-refractivity contribution is -0.143. The van der Waals surface area contributed by atoms with Gasteiger partial charge in [-0.1, -0.05) is 23.2 Å². The van der Waals surface area contributed by atoms with Crippen molar-refractivity contribution in [2.24, 2.45) is 29.0 Å². The van der Waals surface area contributed by atoms with E-state index in [1.165, 1.54) is 24.3 Å². The highest BCUT2D eigenvalue weighted by atomic mass is 35.5. The van der Waals surface area contributed by atoms with Crippen LogP contribution in [0.4, 0.5) is 5.69 Å². The molecule has 118 valence electrons. The van der Waals surface area contributed by atoms with Crippen molar-refractivity contribution in [1.82, 2.24) is 0 Å². The Morgan fingerprint density at radius 1 is 1.09 bits per heavy atom. The predicted molar refractivity (Wildman–Crippen MR) is 88.7 cm³/mol. The lowest BCUT2D eigenvalue weighted by atomic mass is 9.49. The molecule has 4 saturated carbocycles. The van der Waals surface area contributed by atoms with E-state index in [0.717, 1.165) is 19.3 Å². The van der Waals surface area contributed by atoms with Gasteiger partial charge in [-0.3, -0.25) is 4.79 Å². The molecule has 1 aromatic carbocycles. The standard InChI is InChI=1S/C17H20Cl2N2O/c18-13-1-2-14(19)15(6-13)21(20)16(22)17-7-10-3-11(8-17)5-12(4-10)9-17/h1-2,6,10-12H,3-5,7-9,20H2. The number of carbonyl (C=O) groups is 1. The van der Waals surface area contributed by atoms with E-state index >= 15 is 0 Å². The topological polar surface area (TPSA) is 46.3 Å². The molecule has 4 aliphatic rings. The lowest BCUT2D eigenvalue weighted by Crippen LogP contribution is -2.56. The fraction of sp³-hybridized carbons (Fsp3) is 0.588. The first-order valence-corrected chi connectivity index (χ1v) is 8.77. The van der Waals surface area contributed by atoms with Crippen LogP contribution in [0.1, 0.15) is 38.5 Å². The molecule has 0 radical (unpaired) electrons. The molecule has 0 unspecified atom stereocenters. The predicted octanol–water partition coefficient (Wildman–Crippen LogP) is 4.42. The number of nitrogens with zero attached hydrogens (tertiary/aromatic N) is 1. The smallest absolute Gasteiger partial charge is 0.247 e. The summed E-state index contributed by atoms with van der Waals surface area (Å²) in [6.45, 7) is 0. The van der Waals surface area contributed by atoms with Gasteiger partial charge in [0.15, 0.2) is 0 Å². The molecule has 0 atom stereocenters. The van der Waals surface area contributed by atoms with Gasteiger partial charge in [-0.2, -0.15) is 0 Å². The summed E-state index contributed by atoms with van der Waals surface area (Å²) in [7, 11) is 0.